The molecule has 1 amide bonds. The second-order valence-corrected chi connectivity index (χ2v) is 8.30. The molecule has 3 rings (SSSR count). The molecule has 0 aliphatic heterocycles. The number of benzene rings is 3. The van der Waals surface area contributed by atoms with E-state index in [1.165, 1.54) is 5.69 Å². The number of carbonyl (C=O) groups excluding carboxylic acids is 1. The van der Waals surface area contributed by atoms with Gasteiger partial charge in [0.2, 0.25) is 0 Å². The molecule has 0 atom stereocenters. The van der Waals surface area contributed by atoms with Crippen LogP contribution in [0.4, 0.5) is 5.69 Å². The SMILES string of the molecule is CCN(CC)c1ccc(/C=N/NC(=O)COc2ccc3cc(Br)ccc3c2Br)cc1. The average molecular weight is 533 g/mol. The molecule has 0 aliphatic rings. The molecule has 3 aromatic rings. The van der Waals surface area contributed by atoms with Gasteiger partial charge in [0.25, 0.3) is 5.91 Å². The first-order valence-corrected chi connectivity index (χ1v) is 11.3. The van der Waals surface area contributed by atoms with Crippen molar-refractivity contribution in [3.05, 3.63) is 69.1 Å². The van der Waals surface area contributed by atoms with Crippen LogP contribution in [0.2, 0.25) is 0 Å². The van der Waals surface area contributed by atoms with Crippen molar-refractivity contribution in [2.24, 2.45) is 5.10 Å². The molecular formula is C23H23Br2N3O2. The summed E-state index contributed by atoms with van der Waals surface area (Å²) < 4.78 is 7.48. The monoisotopic (exact) mass is 531 g/mol. The highest BCUT2D eigenvalue weighted by atomic mass is 79.9. The van der Waals surface area contributed by atoms with E-state index in [1.807, 2.05) is 42.5 Å². The molecule has 0 aliphatic carbocycles. The van der Waals surface area contributed by atoms with Crippen LogP contribution < -0.4 is 15.1 Å². The van der Waals surface area contributed by atoms with Gasteiger partial charge in [-0.1, -0.05) is 40.2 Å². The molecule has 0 bridgehead atoms. The van der Waals surface area contributed by atoms with Gasteiger partial charge >= 0.3 is 0 Å². The quantitative estimate of drug-likeness (QED) is 0.297. The number of anilines is 1. The lowest BCUT2D eigenvalue weighted by Gasteiger charge is -2.20. The van der Waals surface area contributed by atoms with Crippen molar-refractivity contribution in [3.8, 4) is 5.75 Å². The summed E-state index contributed by atoms with van der Waals surface area (Å²) in [4.78, 5) is 14.3. The zero-order valence-corrected chi connectivity index (χ0v) is 20.0. The van der Waals surface area contributed by atoms with Crippen LogP contribution in [0.25, 0.3) is 10.8 Å². The number of amides is 1. The molecule has 0 radical (unpaired) electrons. The summed E-state index contributed by atoms with van der Waals surface area (Å²) in [6, 6.07) is 17.8. The highest BCUT2D eigenvalue weighted by Gasteiger charge is 2.09. The molecule has 5 nitrogen and oxygen atoms in total. The maximum Gasteiger partial charge on any atom is 0.277 e. The van der Waals surface area contributed by atoms with Crippen LogP contribution in [-0.2, 0) is 4.79 Å². The van der Waals surface area contributed by atoms with Gasteiger partial charge in [0.05, 0.1) is 10.7 Å². The Morgan fingerprint density at radius 1 is 1.07 bits per heavy atom. The molecule has 0 unspecified atom stereocenters. The first kappa shape index (κ1) is 22.3. The minimum absolute atomic E-state index is 0.126. The van der Waals surface area contributed by atoms with Crippen molar-refractivity contribution in [1.82, 2.24) is 5.43 Å². The summed E-state index contributed by atoms with van der Waals surface area (Å²) in [6.45, 7) is 6.06. The average Bonchev–Trinajstić information content (AvgIpc) is 2.75. The Bertz CT molecular complexity index is 1050. The van der Waals surface area contributed by atoms with Gasteiger partial charge in [-0.15, -0.1) is 0 Å². The van der Waals surface area contributed by atoms with E-state index >= 15 is 0 Å². The van der Waals surface area contributed by atoms with Gasteiger partial charge in [-0.3, -0.25) is 4.79 Å². The highest BCUT2D eigenvalue weighted by molar-refractivity contribution is 9.11. The minimum atomic E-state index is -0.325. The Balaban J connectivity index is 1.54. The van der Waals surface area contributed by atoms with Gasteiger partial charge in [0, 0.05) is 23.2 Å². The maximum absolute atomic E-state index is 12.1. The van der Waals surface area contributed by atoms with Gasteiger partial charge in [0.1, 0.15) is 5.75 Å². The topological polar surface area (TPSA) is 53.9 Å². The number of ether oxygens (including phenoxy) is 1. The van der Waals surface area contributed by atoms with Crippen molar-refractivity contribution >= 4 is 60.4 Å². The van der Waals surface area contributed by atoms with Crippen molar-refractivity contribution < 1.29 is 9.53 Å². The fourth-order valence-corrected chi connectivity index (χ4v) is 4.06. The predicted molar refractivity (Wildman–Crippen MR) is 131 cm³/mol. The number of nitrogens with zero attached hydrogens (tertiary/aromatic N) is 2. The van der Waals surface area contributed by atoms with Crippen molar-refractivity contribution in [2.75, 3.05) is 24.6 Å². The van der Waals surface area contributed by atoms with E-state index in [0.29, 0.717) is 5.75 Å². The molecule has 0 aromatic heterocycles. The molecule has 0 spiro atoms. The van der Waals surface area contributed by atoms with E-state index in [0.717, 1.165) is 38.4 Å². The Morgan fingerprint density at radius 2 is 1.80 bits per heavy atom. The summed E-state index contributed by atoms with van der Waals surface area (Å²) in [7, 11) is 0. The molecule has 7 heteroatoms. The lowest BCUT2D eigenvalue weighted by atomic mass is 10.1. The number of hydrogen-bond donors (Lipinski definition) is 1. The number of carbonyl (C=O) groups is 1. The fourth-order valence-electron chi connectivity index (χ4n) is 3.07. The molecule has 0 fully saturated rings. The second kappa shape index (κ2) is 10.6. The number of hydrogen-bond acceptors (Lipinski definition) is 4. The number of halogens is 2. The van der Waals surface area contributed by atoms with Crippen LogP contribution in [0, 0.1) is 0 Å². The summed E-state index contributed by atoms with van der Waals surface area (Å²) >= 11 is 7.03. The molecule has 0 heterocycles. The first-order valence-electron chi connectivity index (χ1n) is 9.69. The third-order valence-corrected chi connectivity index (χ3v) is 5.98. The van der Waals surface area contributed by atoms with Crippen LogP contribution >= 0.6 is 31.9 Å². The van der Waals surface area contributed by atoms with Crippen LogP contribution in [0.1, 0.15) is 19.4 Å². The van der Waals surface area contributed by atoms with Crippen molar-refractivity contribution in [2.45, 2.75) is 13.8 Å². The molecule has 0 saturated carbocycles. The molecule has 30 heavy (non-hydrogen) atoms. The Labute approximate surface area is 193 Å². The summed E-state index contributed by atoms with van der Waals surface area (Å²) in [6.07, 6.45) is 1.62. The Morgan fingerprint density at radius 3 is 2.50 bits per heavy atom. The Kier molecular flexibility index (Phi) is 7.87. The van der Waals surface area contributed by atoms with Gasteiger partial charge in [0.15, 0.2) is 6.61 Å². The van der Waals surface area contributed by atoms with Crippen LogP contribution in [0.5, 0.6) is 5.75 Å². The van der Waals surface area contributed by atoms with Gasteiger partial charge < -0.3 is 9.64 Å². The third-order valence-electron chi connectivity index (χ3n) is 4.66. The minimum Gasteiger partial charge on any atom is -0.483 e. The van der Waals surface area contributed by atoms with Gasteiger partial charge in [-0.25, -0.2) is 5.43 Å². The van der Waals surface area contributed by atoms with E-state index < -0.39 is 0 Å². The van der Waals surface area contributed by atoms with E-state index in [1.54, 1.807) is 6.21 Å². The van der Waals surface area contributed by atoms with Gasteiger partial charge in [-0.05, 0) is 76.4 Å². The summed E-state index contributed by atoms with van der Waals surface area (Å²) in [5.41, 5.74) is 4.58. The highest BCUT2D eigenvalue weighted by Crippen LogP contribution is 2.34. The number of rotatable bonds is 8. The Hall–Kier alpha value is -2.38. The largest absolute Gasteiger partial charge is 0.483 e. The zero-order valence-electron chi connectivity index (χ0n) is 16.9. The number of fused-ring (bicyclic) bond motifs is 1. The van der Waals surface area contributed by atoms with Crippen molar-refractivity contribution in [1.29, 1.82) is 0 Å². The fraction of sp³-hybridized carbons (Fsp3) is 0.217. The smallest absolute Gasteiger partial charge is 0.277 e. The van der Waals surface area contributed by atoms with Crippen LogP contribution in [0.3, 0.4) is 0 Å². The maximum atomic E-state index is 12.1. The molecule has 0 saturated heterocycles. The lowest BCUT2D eigenvalue weighted by Crippen LogP contribution is -2.24. The number of hydrazone groups is 1. The molecule has 1 N–H and O–H groups in total. The van der Waals surface area contributed by atoms with Crippen molar-refractivity contribution in [3.63, 3.8) is 0 Å². The summed E-state index contributed by atoms with van der Waals surface area (Å²) in [5, 5.41) is 6.11. The second-order valence-electron chi connectivity index (χ2n) is 6.59. The van der Waals surface area contributed by atoms with Gasteiger partial charge in [-0.2, -0.15) is 5.10 Å². The van der Waals surface area contributed by atoms with E-state index in [2.05, 4.69) is 73.3 Å². The van der Waals surface area contributed by atoms with E-state index in [9.17, 15) is 4.79 Å². The zero-order chi connectivity index (χ0) is 21.5. The standard InChI is InChI=1S/C23H23Br2N3O2/c1-3-28(4-2)19-9-5-16(6-10-19)14-26-27-22(29)15-30-21-12-7-17-13-18(24)8-11-20(17)23(21)25/h5-14H,3-4,15H2,1-2H3,(H,27,29)/b26-14+. The van der Waals surface area contributed by atoms with Crippen LogP contribution in [0.15, 0.2) is 68.6 Å². The number of nitrogens with one attached hydrogen (secondary N) is 1. The predicted octanol–water partition coefficient (Wildman–Crippen LogP) is 5.74. The molecule has 156 valence electrons. The molecule has 3 aromatic carbocycles. The third kappa shape index (κ3) is 5.61. The normalized spacial score (nSPS) is 11.1. The van der Waals surface area contributed by atoms with Crippen LogP contribution in [-0.4, -0.2) is 31.8 Å². The lowest BCUT2D eigenvalue weighted by molar-refractivity contribution is -0.123. The molecular weight excluding hydrogens is 510 g/mol. The summed E-state index contributed by atoms with van der Waals surface area (Å²) in [5.74, 6) is 0.282. The van der Waals surface area contributed by atoms with E-state index in [4.69, 9.17) is 4.74 Å². The first-order chi connectivity index (χ1) is 14.5. The van der Waals surface area contributed by atoms with E-state index in [-0.39, 0.29) is 12.5 Å².